The van der Waals surface area contributed by atoms with Crippen molar-refractivity contribution in [2.45, 2.75) is 50.9 Å². The van der Waals surface area contributed by atoms with E-state index in [0.29, 0.717) is 36.4 Å². The van der Waals surface area contributed by atoms with Crippen molar-refractivity contribution in [1.29, 1.82) is 0 Å². The first kappa shape index (κ1) is 21.8. The number of benzene rings is 1. The van der Waals surface area contributed by atoms with Crippen LogP contribution in [0.2, 0.25) is 0 Å². The van der Waals surface area contributed by atoms with Crippen molar-refractivity contribution in [1.82, 2.24) is 10.5 Å². The maximum Gasteiger partial charge on any atom is 0.422 e. The Kier molecular flexibility index (Phi) is 6.18. The van der Waals surface area contributed by atoms with Crippen molar-refractivity contribution < 1.29 is 40.7 Å². The van der Waals surface area contributed by atoms with E-state index in [1.807, 2.05) is 0 Å². The van der Waals surface area contributed by atoms with E-state index in [1.54, 1.807) is 13.0 Å². The molecule has 164 valence electrons. The number of alkyl halides is 3. The molecule has 11 heteroatoms. The molecule has 0 spiro atoms. The number of nitrogens with one attached hydrogen (secondary N) is 1. The largest absolute Gasteiger partial charge is 0.484 e. The van der Waals surface area contributed by atoms with E-state index >= 15 is 0 Å². The molecule has 6 nitrogen and oxygen atoms in total. The summed E-state index contributed by atoms with van der Waals surface area (Å²) >= 11 is 0. The molecule has 0 radical (unpaired) electrons. The summed E-state index contributed by atoms with van der Waals surface area (Å²) < 4.78 is 79.5. The normalized spacial score (nSPS) is 19.7. The average molecular weight is 434 g/mol. The Morgan fingerprint density at radius 3 is 2.47 bits per heavy atom. The highest BCUT2D eigenvalue weighted by Gasteiger charge is 2.36. The lowest BCUT2D eigenvalue weighted by Crippen LogP contribution is -2.33. The lowest BCUT2D eigenvalue weighted by molar-refractivity contribution is -0.153. The second kappa shape index (κ2) is 8.49. The Morgan fingerprint density at radius 2 is 1.90 bits per heavy atom. The minimum atomic E-state index is -4.62. The Hall–Kier alpha value is -2.85. The van der Waals surface area contributed by atoms with Gasteiger partial charge < -0.3 is 19.3 Å². The number of carbonyl (C=O) groups is 1. The summed E-state index contributed by atoms with van der Waals surface area (Å²) in [7, 11) is 0. The van der Waals surface area contributed by atoms with E-state index in [4.69, 9.17) is 9.26 Å². The van der Waals surface area contributed by atoms with Gasteiger partial charge in [0.15, 0.2) is 29.8 Å². The van der Waals surface area contributed by atoms with E-state index in [9.17, 15) is 26.7 Å². The summed E-state index contributed by atoms with van der Waals surface area (Å²) in [6, 6.07) is 2.65. The molecule has 2 aromatic rings. The Bertz CT molecular complexity index is 886. The summed E-state index contributed by atoms with van der Waals surface area (Å²) in [6.07, 6.45) is -4.27. The van der Waals surface area contributed by atoms with E-state index in [-0.39, 0.29) is 17.9 Å². The molecule has 0 unspecified atom stereocenters. The van der Waals surface area contributed by atoms with Gasteiger partial charge in [-0.1, -0.05) is 5.16 Å². The second-order valence-corrected chi connectivity index (χ2v) is 7.10. The van der Waals surface area contributed by atoms with Gasteiger partial charge in [-0.2, -0.15) is 13.2 Å². The third-order valence-electron chi connectivity index (χ3n) is 4.57. The smallest absolute Gasteiger partial charge is 0.422 e. The molecule has 30 heavy (non-hydrogen) atoms. The van der Waals surface area contributed by atoms with Crippen LogP contribution >= 0.6 is 0 Å². The average Bonchev–Trinajstić information content (AvgIpc) is 3.06. The molecular weight excluding hydrogens is 415 g/mol. The zero-order valence-corrected chi connectivity index (χ0v) is 16.1. The fraction of sp³-hybridized carbons (Fsp3) is 0.474. The summed E-state index contributed by atoms with van der Waals surface area (Å²) in [5, 5.41) is 6.63. The SMILES string of the molecule is CC(=O)N[C@@H](C)c1cc(C2CC(Oc3c(F)cc(OCC(F)(F)F)cc3F)C2)no1. The minimum Gasteiger partial charge on any atom is -0.484 e. The molecule has 1 aromatic heterocycles. The Labute approximate surface area is 168 Å². The van der Waals surface area contributed by atoms with Gasteiger partial charge in [-0.05, 0) is 19.8 Å². The molecule has 1 atom stereocenters. The standard InChI is InChI=1S/C19H19F5N2O4/c1-9(25-10(2)27)17-7-16(26-30-17)11-3-13(4-11)29-18-14(20)5-12(6-15(18)21)28-8-19(22,23)24/h5-7,9,11,13H,3-4,8H2,1-2H3,(H,25,27)/t9-,11?,13?/m0/s1. The van der Waals surface area contributed by atoms with Crippen LogP contribution in [-0.2, 0) is 4.79 Å². The van der Waals surface area contributed by atoms with Crippen molar-refractivity contribution in [2.24, 2.45) is 0 Å². The number of aromatic nitrogens is 1. The first-order valence-electron chi connectivity index (χ1n) is 9.10. The van der Waals surface area contributed by atoms with Crippen molar-refractivity contribution in [3.8, 4) is 11.5 Å². The van der Waals surface area contributed by atoms with Crippen LogP contribution in [-0.4, -0.2) is 30.0 Å². The molecular formula is C19H19F5N2O4. The predicted molar refractivity (Wildman–Crippen MR) is 93.0 cm³/mol. The molecule has 1 aliphatic carbocycles. The Morgan fingerprint density at radius 1 is 1.27 bits per heavy atom. The highest BCUT2D eigenvalue weighted by atomic mass is 19.4. The highest BCUT2D eigenvalue weighted by molar-refractivity contribution is 5.73. The maximum absolute atomic E-state index is 14.1. The van der Waals surface area contributed by atoms with Gasteiger partial charge in [0.2, 0.25) is 5.91 Å². The zero-order valence-electron chi connectivity index (χ0n) is 16.1. The maximum atomic E-state index is 14.1. The highest BCUT2D eigenvalue weighted by Crippen LogP contribution is 2.40. The summed E-state index contributed by atoms with van der Waals surface area (Å²) in [5.41, 5.74) is 0.638. The number of ether oxygens (including phenoxy) is 2. The van der Waals surface area contributed by atoms with Gasteiger partial charge in [0.05, 0.1) is 11.7 Å². The predicted octanol–water partition coefficient (Wildman–Crippen LogP) is 4.42. The molecule has 1 heterocycles. The van der Waals surface area contributed by atoms with Crippen LogP contribution in [0.5, 0.6) is 11.5 Å². The van der Waals surface area contributed by atoms with Gasteiger partial charge in [0.1, 0.15) is 11.9 Å². The molecule has 0 bridgehead atoms. The van der Waals surface area contributed by atoms with Gasteiger partial charge in [-0.15, -0.1) is 0 Å². The molecule has 1 saturated carbocycles. The lowest BCUT2D eigenvalue weighted by atomic mass is 9.80. The molecule has 0 saturated heterocycles. The number of hydrogen-bond acceptors (Lipinski definition) is 5. The van der Waals surface area contributed by atoms with Crippen molar-refractivity contribution in [3.05, 3.63) is 41.3 Å². The van der Waals surface area contributed by atoms with Gasteiger partial charge in [-0.25, -0.2) is 8.78 Å². The van der Waals surface area contributed by atoms with Gasteiger partial charge >= 0.3 is 6.18 Å². The number of halogens is 5. The molecule has 0 aliphatic heterocycles. The monoisotopic (exact) mass is 434 g/mol. The fourth-order valence-corrected chi connectivity index (χ4v) is 3.04. The van der Waals surface area contributed by atoms with Crippen LogP contribution in [0.3, 0.4) is 0 Å². The minimum absolute atomic E-state index is 0.0439. The van der Waals surface area contributed by atoms with Crippen LogP contribution in [0.1, 0.15) is 50.1 Å². The van der Waals surface area contributed by atoms with Crippen molar-refractivity contribution >= 4 is 5.91 Å². The number of amides is 1. The van der Waals surface area contributed by atoms with Crippen LogP contribution in [0, 0.1) is 11.6 Å². The number of rotatable bonds is 7. The molecule has 1 aromatic carbocycles. The summed E-state index contributed by atoms with van der Waals surface area (Å²) in [4.78, 5) is 11.1. The molecule has 1 amide bonds. The molecule has 1 N–H and O–H groups in total. The van der Waals surface area contributed by atoms with E-state index < -0.39 is 42.0 Å². The van der Waals surface area contributed by atoms with Crippen LogP contribution in [0.15, 0.2) is 22.7 Å². The quantitative estimate of drug-likeness (QED) is 0.654. The van der Waals surface area contributed by atoms with Crippen LogP contribution in [0.25, 0.3) is 0 Å². The third kappa shape index (κ3) is 5.39. The lowest BCUT2D eigenvalue weighted by Gasteiger charge is -2.34. The number of nitrogens with zero attached hydrogens (tertiary/aromatic N) is 1. The number of hydrogen-bond donors (Lipinski definition) is 1. The van der Waals surface area contributed by atoms with Gasteiger partial charge in [0.25, 0.3) is 0 Å². The van der Waals surface area contributed by atoms with Crippen molar-refractivity contribution in [2.75, 3.05) is 6.61 Å². The fourth-order valence-electron chi connectivity index (χ4n) is 3.04. The van der Waals surface area contributed by atoms with Crippen molar-refractivity contribution in [3.63, 3.8) is 0 Å². The zero-order chi connectivity index (χ0) is 22.1. The van der Waals surface area contributed by atoms with Crippen LogP contribution < -0.4 is 14.8 Å². The van der Waals surface area contributed by atoms with E-state index in [0.717, 1.165) is 0 Å². The summed E-state index contributed by atoms with van der Waals surface area (Å²) in [5.74, 6) is -3.32. The third-order valence-corrected chi connectivity index (χ3v) is 4.57. The van der Waals surface area contributed by atoms with E-state index in [2.05, 4.69) is 15.2 Å². The summed E-state index contributed by atoms with van der Waals surface area (Å²) in [6.45, 7) is 1.47. The van der Waals surface area contributed by atoms with Gasteiger partial charge in [0, 0.05) is 31.0 Å². The first-order chi connectivity index (χ1) is 14.0. The van der Waals surface area contributed by atoms with Crippen LogP contribution in [0.4, 0.5) is 22.0 Å². The molecule has 1 aliphatic rings. The molecule has 1 fully saturated rings. The first-order valence-corrected chi connectivity index (χ1v) is 9.10. The van der Waals surface area contributed by atoms with E-state index in [1.165, 1.54) is 6.92 Å². The topological polar surface area (TPSA) is 73.6 Å². The second-order valence-electron chi connectivity index (χ2n) is 7.10. The Balaban J connectivity index is 1.56. The van der Waals surface area contributed by atoms with Gasteiger partial charge in [-0.3, -0.25) is 4.79 Å². The molecule has 3 rings (SSSR count). The number of carbonyl (C=O) groups excluding carboxylic acids is 1.